The molecule has 0 unspecified atom stereocenters. The predicted molar refractivity (Wildman–Crippen MR) is 66.9 cm³/mol. The molecule has 86 valence electrons. The molecule has 4 heteroatoms. The van der Waals surface area contributed by atoms with Gasteiger partial charge in [-0.2, -0.15) is 5.10 Å². The van der Waals surface area contributed by atoms with Gasteiger partial charge in [0.25, 0.3) is 0 Å². The molecule has 0 radical (unpaired) electrons. The maximum atomic E-state index is 5.82. The molecule has 1 heterocycles. The first-order chi connectivity index (χ1) is 8.33. The minimum Gasteiger partial charge on any atom is -0.213 e. The van der Waals surface area contributed by atoms with Crippen LogP contribution in [0.4, 0.5) is 0 Å². The Morgan fingerprint density at radius 3 is 2.71 bits per heavy atom. The second-order valence-electron chi connectivity index (χ2n) is 4.29. The highest BCUT2D eigenvalue weighted by Crippen LogP contribution is 2.25. The van der Waals surface area contributed by atoms with Crippen molar-refractivity contribution >= 4 is 11.6 Å². The Kier molecular flexibility index (Phi) is 2.77. The maximum Gasteiger partial charge on any atom is 0.183 e. The zero-order chi connectivity index (χ0) is 11.7. The highest BCUT2D eigenvalue weighted by molar-refractivity contribution is 6.29. The van der Waals surface area contributed by atoms with Crippen LogP contribution in [-0.4, -0.2) is 15.2 Å². The van der Waals surface area contributed by atoms with Gasteiger partial charge in [-0.3, -0.25) is 0 Å². The van der Waals surface area contributed by atoms with Crippen LogP contribution in [0.15, 0.2) is 24.4 Å². The first-order valence-corrected chi connectivity index (χ1v) is 6.18. The number of aromatic nitrogens is 3. The van der Waals surface area contributed by atoms with Crippen LogP contribution in [0.2, 0.25) is 5.15 Å². The summed E-state index contributed by atoms with van der Waals surface area (Å²) >= 11 is 5.82. The molecule has 0 fully saturated rings. The second kappa shape index (κ2) is 4.41. The van der Waals surface area contributed by atoms with E-state index in [1.807, 2.05) is 0 Å². The van der Waals surface area contributed by atoms with Gasteiger partial charge in [-0.1, -0.05) is 23.7 Å². The van der Waals surface area contributed by atoms with Crippen molar-refractivity contribution in [2.75, 3.05) is 0 Å². The van der Waals surface area contributed by atoms with E-state index in [4.69, 9.17) is 11.6 Å². The molecule has 3 rings (SSSR count). The van der Waals surface area contributed by atoms with E-state index >= 15 is 0 Å². The Labute approximate surface area is 105 Å². The number of nitrogens with zero attached hydrogens (tertiary/aromatic N) is 3. The van der Waals surface area contributed by atoms with Crippen LogP contribution in [0, 0.1) is 0 Å². The molecule has 17 heavy (non-hydrogen) atoms. The van der Waals surface area contributed by atoms with Gasteiger partial charge in [-0.15, -0.1) is 5.10 Å². The maximum absolute atomic E-state index is 5.82. The summed E-state index contributed by atoms with van der Waals surface area (Å²) in [5.74, 6) is 0.603. The molecule has 2 aromatic rings. The van der Waals surface area contributed by atoms with E-state index in [9.17, 15) is 0 Å². The summed E-state index contributed by atoms with van der Waals surface area (Å²) in [4.78, 5) is 4.18. The van der Waals surface area contributed by atoms with Gasteiger partial charge in [0.05, 0.1) is 6.20 Å². The SMILES string of the molecule is Clc1cnnc(-c2ccc3c(c2)CCCC3)n1. The van der Waals surface area contributed by atoms with Crippen molar-refractivity contribution in [3.63, 3.8) is 0 Å². The van der Waals surface area contributed by atoms with Gasteiger partial charge in [0, 0.05) is 5.56 Å². The molecule has 1 aromatic heterocycles. The number of hydrogen-bond donors (Lipinski definition) is 0. The fraction of sp³-hybridized carbons (Fsp3) is 0.308. The molecule has 0 N–H and O–H groups in total. The Balaban J connectivity index is 2.04. The van der Waals surface area contributed by atoms with Crippen molar-refractivity contribution in [1.82, 2.24) is 15.2 Å². The lowest BCUT2D eigenvalue weighted by molar-refractivity contribution is 0.686. The Bertz CT molecular complexity index is 554. The summed E-state index contributed by atoms with van der Waals surface area (Å²) in [5, 5.41) is 8.22. The summed E-state index contributed by atoms with van der Waals surface area (Å²) < 4.78 is 0. The molecule has 0 saturated heterocycles. The van der Waals surface area contributed by atoms with Gasteiger partial charge in [0.1, 0.15) is 0 Å². The van der Waals surface area contributed by atoms with E-state index < -0.39 is 0 Å². The smallest absolute Gasteiger partial charge is 0.183 e. The third kappa shape index (κ3) is 2.15. The molecule has 1 aliphatic carbocycles. The average molecular weight is 246 g/mol. The van der Waals surface area contributed by atoms with E-state index in [1.54, 1.807) is 0 Å². The molecular formula is C13H12ClN3. The monoisotopic (exact) mass is 245 g/mol. The van der Waals surface area contributed by atoms with E-state index in [0.29, 0.717) is 11.0 Å². The van der Waals surface area contributed by atoms with Gasteiger partial charge in [0.15, 0.2) is 11.0 Å². The molecule has 0 atom stereocenters. The lowest BCUT2D eigenvalue weighted by Crippen LogP contribution is -2.03. The summed E-state index contributed by atoms with van der Waals surface area (Å²) in [6, 6.07) is 6.40. The van der Waals surface area contributed by atoms with Crippen LogP contribution in [0.1, 0.15) is 24.0 Å². The van der Waals surface area contributed by atoms with E-state index in [1.165, 1.54) is 36.6 Å². The van der Waals surface area contributed by atoms with Crippen LogP contribution in [0.3, 0.4) is 0 Å². The Hall–Kier alpha value is -1.48. The van der Waals surface area contributed by atoms with Gasteiger partial charge < -0.3 is 0 Å². The van der Waals surface area contributed by atoms with E-state index in [2.05, 4.69) is 33.4 Å². The average Bonchev–Trinajstić information content (AvgIpc) is 2.38. The number of fused-ring (bicyclic) bond motifs is 1. The Morgan fingerprint density at radius 2 is 1.88 bits per heavy atom. The largest absolute Gasteiger partial charge is 0.213 e. The van der Waals surface area contributed by atoms with Gasteiger partial charge >= 0.3 is 0 Å². The van der Waals surface area contributed by atoms with Gasteiger partial charge in [-0.25, -0.2) is 4.98 Å². The molecule has 0 spiro atoms. The normalized spacial score (nSPS) is 14.4. The fourth-order valence-corrected chi connectivity index (χ4v) is 2.40. The van der Waals surface area contributed by atoms with Crippen molar-refractivity contribution in [3.8, 4) is 11.4 Å². The molecular weight excluding hydrogens is 234 g/mol. The van der Waals surface area contributed by atoms with E-state index in [0.717, 1.165) is 12.0 Å². The van der Waals surface area contributed by atoms with Gasteiger partial charge in [0.2, 0.25) is 0 Å². The number of aryl methyl sites for hydroxylation is 2. The Morgan fingerprint density at radius 1 is 1.06 bits per heavy atom. The summed E-state index contributed by atoms with van der Waals surface area (Å²) in [5.41, 5.74) is 3.87. The lowest BCUT2D eigenvalue weighted by atomic mass is 9.90. The lowest BCUT2D eigenvalue weighted by Gasteiger charge is -2.16. The minimum atomic E-state index is 0.382. The first kappa shape index (κ1) is 10.7. The number of hydrogen-bond acceptors (Lipinski definition) is 3. The highest BCUT2D eigenvalue weighted by atomic mass is 35.5. The third-order valence-electron chi connectivity index (χ3n) is 3.14. The van der Waals surface area contributed by atoms with Crippen molar-refractivity contribution in [2.45, 2.75) is 25.7 Å². The van der Waals surface area contributed by atoms with Crippen molar-refractivity contribution in [1.29, 1.82) is 0 Å². The predicted octanol–water partition coefficient (Wildman–Crippen LogP) is 3.07. The van der Waals surface area contributed by atoms with Crippen LogP contribution >= 0.6 is 11.6 Å². The number of halogens is 1. The zero-order valence-corrected chi connectivity index (χ0v) is 10.1. The summed E-state index contributed by atoms with van der Waals surface area (Å²) in [6.07, 6.45) is 6.34. The third-order valence-corrected chi connectivity index (χ3v) is 3.32. The topological polar surface area (TPSA) is 38.7 Å². The van der Waals surface area contributed by atoms with Crippen molar-refractivity contribution in [2.24, 2.45) is 0 Å². The van der Waals surface area contributed by atoms with Crippen LogP contribution in [-0.2, 0) is 12.8 Å². The van der Waals surface area contributed by atoms with Crippen molar-refractivity contribution < 1.29 is 0 Å². The molecule has 0 amide bonds. The van der Waals surface area contributed by atoms with Crippen LogP contribution < -0.4 is 0 Å². The molecule has 3 nitrogen and oxygen atoms in total. The van der Waals surface area contributed by atoms with Crippen molar-refractivity contribution in [3.05, 3.63) is 40.7 Å². The summed E-state index contributed by atoms with van der Waals surface area (Å²) in [6.45, 7) is 0. The minimum absolute atomic E-state index is 0.382. The molecule has 1 aliphatic rings. The van der Waals surface area contributed by atoms with Crippen LogP contribution in [0.5, 0.6) is 0 Å². The molecule has 0 aliphatic heterocycles. The zero-order valence-electron chi connectivity index (χ0n) is 9.36. The highest BCUT2D eigenvalue weighted by Gasteiger charge is 2.11. The van der Waals surface area contributed by atoms with Gasteiger partial charge in [-0.05, 0) is 42.9 Å². The summed E-state index contributed by atoms with van der Waals surface area (Å²) in [7, 11) is 0. The number of benzene rings is 1. The molecule has 0 bridgehead atoms. The second-order valence-corrected chi connectivity index (χ2v) is 4.68. The van der Waals surface area contributed by atoms with Crippen LogP contribution in [0.25, 0.3) is 11.4 Å². The number of rotatable bonds is 1. The van der Waals surface area contributed by atoms with E-state index in [-0.39, 0.29) is 0 Å². The quantitative estimate of drug-likeness (QED) is 0.775. The fourth-order valence-electron chi connectivity index (χ4n) is 2.28. The molecule has 0 saturated carbocycles. The standard InChI is InChI=1S/C13H12ClN3/c14-12-8-15-17-13(16-12)11-6-5-9-3-1-2-4-10(9)7-11/h5-8H,1-4H2. The molecule has 1 aromatic carbocycles. The first-order valence-electron chi connectivity index (χ1n) is 5.80.